The molecule has 0 aliphatic carbocycles. The highest BCUT2D eigenvalue weighted by Gasteiger charge is 2.14. The van der Waals surface area contributed by atoms with Crippen LogP contribution in [0, 0.1) is 0 Å². The van der Waals surface area contributed by atoms with Crippen LogP contribution in [0.1, 0.15) is 11.7 Å². The van der Waals surface area contributed by atoms with Crippen LogP contribution in [0.5, 0.6) is 11.5 Å². The topological polar surface area (TPSA) is 68.6 Å². The summed E-state index contributed by atoms with van der Waals surface area (Å²) in [6.45, 7) is 0.874. The SMILES string of the molecule is NCC(COc1ccc(O)cc1)c1ccc(Br)o1. The van der Waals surface area contributed by atoms with Gasteiger partial charge in [-0.2, -0.15) is 0 Å². The van der Waals surface area contributed by atoms with E-state index in [1.165, 1.54) is 0 Å². The molecule has 0 radical (unpaired) electrons. The zero-order valence-corrected chi connectivity index (χ0v) is 11.3. The highest BCUT2D eigenvalue weighted by molar-refractivity contribution is 9.10. The van der Waals surface area contributed by atoms with Gasteiger partial charge in [0.25, 0.3) is 0 Å². The Balaban J connectivity index is 1.97. The second kappa shape index (κ2) is 5.93. The number of hydrogen-bond acceptors (Lipinski definition) is 4. The van der Waals surface area contributed by atoms with Crippen molar-refractivity contribution in [3.8, 4) is 11.5 Å². The molecule has 0 aliphatic rings. The van der Waals surface area contributed by atoms with Gasteiger partial charge < -0.3 is 20.0 Å². The first-order chi connectivity index (χ1) is 8.69. The van der Waals surface area contributed by atoms with Crippen molar-refractivity contribution in [2.24, 2.45) is 5.73 Å². The molecule has 1 aromatic heterocycles. The molecule has 1 atom stereocenters. The Hall–Kier alpha value is -1.46. The summed E-state index contributed by atoms with van der Waals surface area (Å²) in [5.74, 6) is 1.71. The summed E-state index contributed by atoms with van der Waals surface area (Å²) in [7, 11) is 0. The zero-order chi connectivity index (χ0) is 13.0. The summed E-state index contributed by atoms with van der Waals surface area (Å²) in [6.07, 6.45) is 0. The van der Waals surface area contributed by atoms with Crippen molar-refractivity contribution in [1.82, 2.24) is 0 Å². The fourth-order valence-corrected chi connectivity index (χ4v) is 1.87. The van der Waals surface area contributed by atoms with E-state index in [9.17, 15) is 0 Å². The summed E-state index contributed by atoms with van der Waals surface area (Å²) in [4.78, 5) is 0. The number of phenolic OH excluding ortho intramolecular Hbond substituents is 1. The molecule has 0 amide bonds. The van der Waals surface area contributed by atoms with Gasteiger partial charge in [0.05, 0.1) is 12.5 Å². The Bertz CT molecular complexity index is 495. The molecule has 0 aliphatic heterocycles. The molecule has 18 heavy (non-hydrogen) atoms. The minimum absolute atomic E-state index is 0.00473. The molecule has 0 saturated heterocycles. The molecule has 0 saturated carbocycles. The van der Waals surface area contributed by atoms with Gasteiger partial charge in [-0.1, -0.05) is 0 Å². The lowest BCUT2D eigenvalue weighted by Gasteiger charge is -2.13. The lowest BCUT2D eigenvalue weighted by atomic mass is 10.1. The Labute approximate surface area is 113 Å². The molecule has 5 heteroatoms. The number of furan rings is 1. The fourth-order valence-electron chi connectivity index (χ4n) is 1.55. The van der Waals surface area contributed by atoms with Crippen molar-refractivity contribution in [3.05, 3.63) is 46.8 Å². The normalized spacial score (nSPS) is 12.3. The molecule has 0 bridgehead atoms. The van der Waals surface area contributed by atoms with Crippen LogP contribution in [0.25, 0.3) is 0 Å². The van der Waals surface area contributed by atoms with Crippen molar-refractivity contribution >= 4 is 15.9 Å². The maximum atomic E-state index is 9.17. The standard InChI is InChI=1S/C13H14BrNO3/c14-13-6-5-12(18-13)9(7-15)8-17-11-3-1-10(16)2-4-11/h1-6,9,16H,7-8,15H2. The number of hydrogen-bond donors (Lipinski definition) is 2. The third-order valence-electron chi connectivity index (χ3n) is 2.57. The molecule has 0 spiro atoms. The van der Waals surface area contributed by atoms with E-state index >= 15 is 0 Å². The Morgan fingerprint density at radius 2 is 1.94 bits per heavy atom. The van der Waals surface area contributed by atoms with Crippen LogP contribution in [-0.4, -0.2) is 18.3 Å². The summed E-state index contributed by atoms with van der Waals surface area (Å²) in [5.41, 5.74) is 5.71. The predicted molar refractivity (Wildman–Crippen MR) is 71.8 cm³/mol. The van der Waals surface area contributed by atoms with Gasteiger partial charge in [-0.3, -0.25) is 0 Å². The first kappa shape index (κ1) is 13.0. The van der Waals surface area contributed by atoms with Gasteiger partial charge in [-0.25, -0.2) is 0 Å². The number of rotatable bonds is 5. The first-order valence-corrected chi connectivity index (χ1v) is 6.35. The molecule has 0 fully saturated rings. The van der Waals surface area contributed by atoms with Crippen molar-refractivity contribution in [2.45, 2.75) is 5.92 Å². The van der Waals surface area contributed by atoms with E-state index in [0.717, 1.165) is 5.76 Å². The molecular formula is C13H14BrNO3. The third-order valence-corrected chi connectivity index (χ3v) is 2.99. The lowest BCUT2D eigenvalue weighted by molar-refractivity contribution is 0.271. The average Bonchev–Trinajstić information content (AvgIpc) is 2.79. The monoisotopic (exact) mass is 311 g/mol. The number of aromatic hydroxyl groups is 1. The molecule has 1 aromatic carbocycles. The van der Waals surface area contributed by atoms with E-state index in [-0.39, 0.29) is 11.7 Å². The molecule has 3 N–H and O–H groups in total. The van der Waals surface area contributed by atoms with Crippen LogP contribution in [0.4, 0.5) is 0 Å². The van der Waals surface area contributed by atoms with Gasteiger partial charge in [0.15, 0.2) is 4.67 Å². The first-order valence-electron chi connectivity index (χ1n) is 5.56. The summed E-state index contributed by atoms with van der Waals surface area (Å²) < 4.78 is 11.8. The highest BCUT2D eigenvalue weighted by atomic mass is 79.9. The highest BCUT2D eigenvalue weighted by Crippen LogP contribution is 2.23. The fraction of sp³-hybridized carbons (Fsp3) is 0.231. The predicted octanol–water partition coefficient (Wildman–Crippen LogP) is 2.87. The van der Waals surface area contributed by atoms with Crippen molar-refractivity contribution in [1.29, 1.82) is 0 Å². The summed E-state index contributed by atoms with van der Waals surface area (Å²) in [6, 6.07) is 10.3. The van der Waals surface area contributed by atoms with Crippen molar-refractivity contribution in [2.75, 3.05) is 13.2 Å². The summed E-state index contributed by atoms with van der Waals surface area (Å²) >= 11 is 3.26. The van der Waals surface area contributed by atoms with Crippen LogP contribution < -0.4 is 10.5 Å². The lowest BCUT2D eigenvalue weighted by Crippen LogP contribution is -2.19. The molecule has 2 aromatic rings. The van der Waals surface area contributed by atoms with Gasteiger partial charge >= 0.3 is 0 Å². The number of halogens is 1. The van der Waals surface area contributed by atoms with Gasteiger partial charge in [0, 0.05) is 6.54 Å². The van der Waals surface area contributed by atoms with Crippen LogP contribution in [0.2, 0.25) is 0 Å². The van der Waals surface area contributed by atoms with E-state index in [1.807, 2.05) is 12.1 Å². The maximum Gasteiger partial charge on any atom is 0.169 e. The number of nitrogens with two attached hydrogens (primary N) is 1. The molecule has 2 rings (SSSR count). The van der Waals surface area contributed by atoms with Crippen LogP contribution in [0.3, 0.4) is 0 Å². The van der Waals surface area contributed by atoms with E-state index in [1.54, 1.807) is 24.3 Å². The number of ether oxygens (including phenoxy) is 1. The van der Waals surface area contributed by atoms with E-state index in [4.69, 9.17) is 20.0 Å². The Morgan fingerprint density at radius 1 is 1.22 bits per heavy atom. The van der Waals surface area contributed by atoms with Crippen molar-refractivity contribution < 1.29 is 14.3 Å². The Kier molecular flexibility index (Phi) is 4.28. The van der Waals surface area contributed by atoms with E-state index in [0.29, 0.717) is 23.6 Å². The minimum atomic E-state index is 0.00473. The third kappa shape index (κ3) is 3.27. The molecular weight excluding hydrogens is 298 g/mol. The number of phenols is 1. The molecule has 1 unspecified atom stereocenters. The average molecular weight is 312 g/mol. The van der Waals surface area contributed by atoms with E-state index < -0.39 is 0 Å². The van der Waals surface area contributed by atoms with Crippen LogP contribution in [0.15, 0.2) is 45.5 Å². The molecule has 4 nitrogen and oxygen atoms in total. The van der Waals surface area contributed by atoms with E-state index in [2.05, 4.69) is 15.9 Å². The van der Waals surface area contributed by atoms with Gasteiger partial charge in [0.1, 0.15) is 17.3 Å². The van der Waals surface area contributed by atoms with Crippen LogP contribution >= 0.6 is 15.9 Å². The smallest absolute Gasteiger partial charge is 0.169 e. The minimum Gasteiger partial charge on any atom is -0.508 e. The number of benzene rings is 1. The van der Waals surface area contributed by atoms with Gasteiger partial charge in [-0.15, -0.1) is 0 Å². The van der Waals surface area contributed by atoms with Crippen LogP contribution in [-0.2, 0) is 0 Å². The largest absolute Gasteiger partial charge is 0.508 e. The summed E-state index contributed by atoms with van der Waals surface area (Å²) in [5, 5.41) is 9.17. The molecule has 96 valence electrons. The maximum absolute atomic E-state index is 9.17. The second-order valence-electron chi connectivity index (χ2n) is 3.88. The zero-order valence-electron chi connectivity index (χ0n) is 9.67. The quantitative estimate of drug-likeness (QED) is 0.891. The second-order valence-corrected chi connectivity index (χ2v) is 4.66. The van der Waals surface area contributed by atoms with Gasteiger partial charge in [0.2, 0.25) is 0 Å². The van der Waals surface area contributed by atoms with Gasteiger partial charge in [-0.05, 0) is 52.3 Å². The molecule has 1 heterocycles. The van der Waals surface area contributed by atoms with Crippen molar-refractivity contribution in [3.63, 3.8) is 0 Å². The Morgan fingerprint density at radius 3 is 2.50 bits per heavy atom.